The van der Waals surface area contributed by atoms with Crippen LogP contribution in [0.25, 0.3) is 16.9 Å². The van der Waals surface area contributed by atoms with Gasteiger partial charge in [-0.25, -0.2) is 4.98 Å². The molecule has 2 saturated heterocycles. The van der Waals surface area contributed by atoms with Gasteiger partial charge in [0.1, 0.15) is 6.33 Å². The average molecular weight is 376 g/mol. The van der Waals surface area contributed by atoms with Crippen LogP contribution >= 0.6 is 0 Å². The van der Waals surface area contributed by atoms with Crippen molar-refractivity contribution in [1.29, 1.82) is 0 Å². The van der Waals surface area contributed by atoms with Crippen LogP contribution in [0.3, 0.4) is 0 Å². The lowest BCUT2D eigenvalue weighted by Crippen LogP contribution is -2.63. The van der Waals surface area contributed by atoms with E-state index in [1.54, 1.807) is 16.9 Å². The lowest BCUT2D eigenvalue weighted by atomic mass is 9.96. The molecule has 0 spiro atoms. The molecular weight excluding hydrogens is 352 g/mol. The van der Waals surface area contributed by atoms with Gasteiger partial charge in [-0.2, -0.15) is 0 Å². The van der Waals surface area contributed by atoms with Gasteiger partial charge in [0.15, 0.2) is 0 Å². The molecule has 2 aliphatic heterocycles. The quantitative estimate of drug-likeness (QED) is 0.703. The Kier molecular flexibility index (Phi) is 4.31. The maximum absolute atomic E-state index is 13.0. The Morgan fingerprint density at radius 1 is 1.18 bits per heavy atom. The van der Waals surface area contributed by atoms with Crippen LogP contribution < -0.4 is 0 Å². The van der Waals surface area contributed by atoms with Crippen molar-refractivity contribution in [1.82, 2.24) is 29.4 Å². The molecule has 3 aromatic rings. The molecule has 4 heterocycles. The molecule has 0 bridgehead atoms. The summed E-state index contributed by atoms with van der Waals surface area (Å²) in [4.78, 5) is 21.8. The molecule has 0 radical (unpaired) electrons. The minimum Gasteiger partial charge on any atom is -0.335 e. The molecule has 2 aliphatic rings. The largest absolute Gasteiger partial charge is 0.335 e. The van der Waals surface area contributed by atoms with Crippen molar-refractivity contribution in [2.24, 2.45) is 0 Å². The van der Waals surface area contributed by atoms with Crippen molar-refractivity contribution in [2.75, 3.05) is 19.6 Å². The highest BCUT2D eigenvalue weighted by atomic mass is 16.2. The fourth-order valence-corrected chi connectivity index (χ4v) is 4.39. The lowest BCUT2D eigenvalue weighted by Gasteiger charge is -2.49. The highest BCUT2D eigenvalue weighted by Crippen LogP contribution is 2.26. The summed E-state index contributed by atoms with van der Waals surface area (Å²) >= 11 is 0. The molecule has 0 N–H and O–H groups in total. The van der Waals surface area contributed by atoms with E-state index in [-0.39, 0.29) is 5.91 Å². The molecule has 2 fully saturated rings. The summed E-state index contributed by atoms with van der Waals surface area (Å²) in [5.74, 6) is 0.677. The standard InChI is InChI=1S/C21H24N6O/c1-15-5-2-3-8-27(15)19-12-25(13-19)20(28)17-7-4-6-16(9-17)18-10-22-21-24-23-14-26(21)11-18/h4,6-7,9-11,14-15,19H,2-3,5,8,12-13H2,1H3/t15-/m0/s1. The van der Waals surface area contributed by atoms with Gasteiger partial charge in [0, 0.05) is 48.7 Å². The highest BCUT2D eigenvalue weighted by Gasteiger charge is 2.37. The summed E-state index contributed by atoms with van der Waals surface area (Å²) < 4.78 is 1.78. The molecular formula is C21H24N6O. The van der Waals surface area contributed by atoms with E-state index in [2.05, 4.69) is 27.0 Å². The second-order valence-electron chi connectivity index (χ2n) is 7.91. The van der Waals surface area contributed by atoms with Gasteiger partial charge in [0.25, 0.3) is 11.7 Å². The van der Waals surface area contributed by atoms with Crippen LogP contribution in [0.15, 0.2) is 43.0 Å². The number of hydrogen-bond acceptors (Lipinski definition) is 5. The highest BCUT2D eigenvalue weighted by molar-refractivity contribution is 5.96. The number of amides is 1. The predicted octanol–water partition coefficient (Wildman–Crippen LogP) is 2.49. The Hall–Kier alpha value is -2.80. The number of carbonyl (C=O) groups is 1. The van der Waals surface area contributed by atoms with Crippen LogP contribution in [0, 0.1) is 0 Å². The Morgan fingerprint density at radius 2 is 2.07 bits per heavy atom. The van der Waals surface area contributed by atoms with E-state index in [4.69, 9.17) is 0 Å². The van der Waals surface area contributed by atoms with E-state index in [1.807, 2.05) is 35.4 Å². The number of carbonyl (C=O) groups excluding carboxylic acids is 1. The summed E-state index contributed by atoms with van der Waals surface area (Å²) in [7, 11) is 0. The van der Waals surface area contributed by atoms with Gasteiger partial charge in [0.05, 0.1) is 0 Å². The smallest absolute Gasteiger partial charge is 0.254 e. The third kappa shape index (κ3) is 3.05. The van der Waals surface area contributed by atoms with Crippen LogP contribution in [0.5, 0.6) is 0 Å². The van der Waals surface area contributed by atoms with Gasteiger partial charge in [-0.1, -0.05) is 18.6 Å². The molecule has 1 aromatic carbocycles. The second kappa shape index (κ2) is 6.98. The fourth-order valence-electron chi connectivity index (χ4n) is 4.39. The molecule has 0 unspecified atom stereocenters. The lowest BCUT2D eigenvalue weighted by molar-refractivity contribution is 0.00213. The number of rotatable bonds is 3. The minimum absolute atomic E-state index is 0.112. The summed E-state index contributed by atoms with van der Waals surface area (Å²) in [6, 6.07) is 8.93. The third-order valence-corrected chi connectivity index (χ3v) is 6.07. The molecule has 0 saturated carbocycles. The van der Waals surface area contributed by atoms with Crippen LogP contribution in [0.2, 0.25) is 0 Å². The average Bonchev–Trinajstić information content (AvgIpc) is 3.16. The predicted molar refractivity (Wildman–Crippen MR) is 106 cm³/mol. The maximum atomic E-state index is 13.0. The SMILES string of the molecule is C[C@H]1CCCCN1C1CN(C(=O)c2cccc(-c3cnc4nncn4c3)c2)C1. The number of benzene rings is 1. The molecule has 7 heteroatoms. The number of aromatic nitrogens is 4. The number of likely N-dealkylation sites (tertiary alicyclic amines) is 2. The molecule has 1 atom stereocenters. The molecule has 7 nitrogen and oxygen atoms in total. The van der Waals surface area contributed by atoms with Crippen LogP contribution in [-0.4, -0.2) is 67.0 Å². The first-order valence-electron chi connectivity index (χ1n) is 10.00. The van der Waals surface area contributed by atoms with Gasteiger partial charge in [-0.05, 0) is 44.0 Å². The van der Waals surface area contributed by atoms with E-state index in [0.717, 1.165) is 29.8 Å². The Morgan fingerprint density at radius 3 is 2.93 bits per heavy atom. The van der Waals surface area contributed by atoms with Crippen molar-refractivity contribution in [2.45, 2.75) is 38.3 Å². The number of hydrogen-bond donors (Lipinski definition) is 0. The first kappa shape index (κ1) is 17.3. The summed E-state index contributed by atoms with van der Waals surface area (Å²) in [6.07, 6.45) is 9.21. The van der Waals surface area contributed by atoms with Crippen LogP contribution in [0.1, 0.15) is 36.5 Å². The zero-order valence-electron chi connectivity index (χ0n) is 16.0. The van der Waals surface area contributed by atoms with Crippen LogP contribution in [0.4, 0.5) is 0 Å². The van der Waals surface area contributed by atoms with E-state index < -0.39 is 0 Å². The summed E-state index contributed by atoms with van der Waals surface area (Å²) in [5, 5.41) is 7.79. The molecule has 5 rings (SSSR count). The van der Waals surface area contributed by atoms with E-state index in [0.29, 0.717) is 17.9 Å². The van der Waals surface area contributed by atoms with Gasteiger partial charge < -0.3 is 4.90 Å². The van der Waals surface area contributed by atoms with Gasteiger partial charge in [-0.3, -0.25) is 14.1 Å². The Bertz CT molecular complexity index is 1010. The summed E-state index contributed by atoms with van der Waals surface area (Å²) in [5.41, 5.74) is 2.63. The third-order valence-electron chi connectivity index (χ3n) is 6.07. The number of nitrogens with zero attached hydrogens (tertiary/aromatic N) is 6. The van der Waals surface area contributed by atoms with Crippen molar-refractivity contribution in [3.05, 3.63) is 48.5 Å². The van der Waals surface area contributed by atoms with Crippen molar-refractivity contribution in [3.63, 3.8) is 0 Å². The van der Waals surface area contributed by atoms with Crippen molar-refractivity contribution < 1.29 is 4.79 Å². The van der Waals surface area contributed by atoms with Crippen molar-refractivity contribution >= 4 is 11.7 Å². The first-order valence-corrected chi connectivity index (χ1v) is 10.00. The van der Waals surface area contributed by atoms with E-state index in [9.17, 15) is 4.79 Å². The number of piperidine rings is 1. The Labute approximate surface area is 164 Å². The van der Waals surface area contributed by atoms with Gasteiger partial charge >= 0.3 is 0 Å². The number of fused-ring (bicyclic) bond motifs is 1. The molecule has 144 valence electrons. The normalized spacial score (nSPS) is 21.0. The van der Waals surface area contributed by atoms with Gasteiger partial charge in [0.2, 0.25) is 0 Å². The van der Waals surface area contributed by atoms with E-state index in [1.165, 1.54) is 25.8 Å². The first-order chi connectivity index (χ1) is 13.7. The van der Waals surface area contributed by atoms with Crippen molar-refractivity contribution in [3.8, 4) is 11.1 Å². The van der Waals surface area contributed by atoms with Crippen LogP contribution in [-0.2, 0) is 0 Å². The molecule has 0 aliphatic carbocycles. The van der Waals surface area contributed by atoms with E-state index >= 15 is 0 Å². The zero-order chi connectivity index (χ0) is 19.1. The molecule has 1 amide bonds. The topological polar surface area (TPSA) is 66.6 Å². The van der Waals surface area contributed by atoms with Gasteiger partial charge in [-0.15, -0.1) is 10.2 Å². The zero-order valence-corrected chi connectivity index (χ0v) is 16.0. The molecule has 28 heavy (non-hydrogen) atoms. The maximum Gasteiger partial charge on any atom is 0.254 e. The Balaban J connectivity index is 1.30. The fraction of sp³-hybridized carbons (Fsp3) is 0.429. The monoisotopic (exact) mass is 376 g/mol. The second-order valence-corrected chi connectivity index (χ2v) is 7.91. The minimum atomic E-state index is 0.112. The molecule has 2 aromatic heterocycles. The summed E-state index contributed by atoms with van der Waals surface area (Å²) in [6.45, 7) is 5.15.